The summed E-state index contributed by atoms with van der Waals surface area (Å²) in [5.41, 5.74) is 5.63. The monoisotopic (exact) mass is 472 g/mol. The second-order valence-corrected chi connectivity index (χ2v) is 10.1. The van der Waals surface area contributed by atoms with Crippen LogP contribution in [0.25, 0.3) is 22.3 Å². The molecule has 6 rings (SSSR count). The molecule has 1 aliphatic carbocycles. The molecule has 6 nitrogen and oxygen atoms in total. The standard InChI is InChI=1S/C27H28N4O2S/c32-25(20-12-11-18-6-1-2-7-19(18)14-20)17-34-27-30-29-26(31(27)16-21-8-5-13-33-21)23-15-28-24-10-4-3-9-22(23)24/h3-4,9-12,14-15,21,28H,1-2,5-8,13,16-17H2. The number of Topliss-reactive ketones (excluding diaryl/α,β-unsaturated/α-hetero) is 1. The minimum absolute atomic E-state index is 0.138. The van der Waals surface area contributed by atoms with Crippen molar-refractivity contribution in [3.8, 4) is 11.4 Å². The average Bonchev–Trinajstić information content (AvgIpc) is 3.63. The molecule has 0 radical (unpaired) electrons. The topological polar surface area (TPSA) is 72.8 Å². The van der Waals surface area contributed by atoms with E-state index in [2.05, 4.69) is 44.0 Å². The van der Waals surface area contributed by atoms with Crippen molar-refractivity contribution in [1.82, 2.24) is 19.7 Å². The van der Waals surface area contributed by atoms with E-state index in [1.54, 1.807) is 0 Å². The minimum atomic E-state index is 0.138. The van der Waals surface area contributed by atoms with E-state index in [-0.39, 0.29) is 11.9 Å². The maximum atomic E-state index is 13.1. The number of benzene rings is 2. The van der Waals surface area contributed by atoms with Crippen molar-refractivity contribution < 1.29 is 9.53 Å². The van der Waals surface area contributed by atoms with Gasteiger partial charge in [0, 0.05) is 34.8 Å². The Kier molecular flexibility index (Phi) is 5.97. The Morgan fingerprint density at radius 2 is 1.97 bits per heavy atom. The van der Waals surface area contributed by atoms with Crippen LogP contribution >= 0.6 is 11.8 Å². The minimum Gasteiger partial charge on any atom is -0.376 e. The molecule has 1 atom stereocenters. The van der Waals surface area contributed by atoms with E-state index in [0.717, 1.165) is 65.3 Å². The number of carbonyl (C=O) groups is 1. The second-order valence-electron chi connectivity index (χ2n) is 9.20. The lowest BCUT2D eigenvalue weighted by atomic mass is 9.90. The zero-order valence-corrected chi connectivity index (χ0v) is 19.9. The first kappa shape index (κ1) is 21.6. The molecule has 7 heteroatoms. The van der Waals surface area contributed by atoms with Crippen LogP contribution < -0.4 is 0 Å². The first-order valence-corrected chi connectivity index (χ1v) is 13.1. The molecule has 2 aromatic heterocycles. The van der Waals surface area contributed by atoms with E-state index >= 15 is 0 Å². The van der Waals surface area contributed by atoms with Crippen LogP contribution in [0.2, 0.25) is 0 Å². The lowest BCUT2D eigenvalue weighted by Crippen LogP contribution is -2.17. The number of aromatic nitrogens is 4. The van der Waals surface area contributed by atoms with E-state index in [9.17, 15) is 4.79 Å². The number of para-hydroxylation sites is 1. The lowest BCUT2D eigenvalue weighted by molar-refractivity contribution is 0.0953. The maximum absolute atomic E-state index is 13.1. The van der Waals surface area contributed by atoms with Gasteiger partial charge in [-0.2, -0.15) is 0 Å². The van der Waals surface area contributed by atoms with Gasteiger partial charge in [0.1, 0.15) is 0 Å². The number of nitrogens with one attached hydrogen (secondary N) is 1. The van der Waals surface area contributed by atoms with E-state index in [1.165, 1.54) is 35.7 Å². The molecular formula is C27H28N4O2S. The highest BCUT2D eigenvalue weighted by Gasteiger charge is 2.24. The van der Waals surface area contributed by atoms with Crippen LogP contribution in [0.3, 0.4) is 0 Å². The van der Waals surface area contributed by atoms with Crippen molar-refractivity contribution in [2.45, 2.75) is 56.3 Å². The van der Waals surface area contributed by atoms with Crippen molar-refractivity contribution in [3.63, 3.8) is 0 Å². The number of ether oxygens (including phenoxy) is 1. The van der Waals surface area contributed by atoms with Gasteiger partial charge < -0.3 is 9.72 Å². The number of thioether (sulfide) groups is 1. The molecule has 1 aliphatic heterocycles. The Hall–Kier alpha value is -2.90. The van der Waals surface area contributed by atoms with Crippen molar-refractivity contribution in [3.05, 3.63) is 65.4 Å². The summed E-state index contributed by atoms with van der Waals surface area (Å²) in [5.74, 6) is 1.30. The number of nitrogens with zero attached hydrogens (tertiary/aromatic N) is 3. The van der Waals surface area contributed by atoms with Crippen LogP contribution in [-0.4, -0.2) is 44.0 Å². The molecule has 1 fully saturated rings. The van der Waals surface area contributed by atoms with Gasteiger partial charge in [0.25, 0.3) is 0 Å². The van der Waals surface area contributed by atoms with Gasteiger partial charge in [-0.1, -0.05) is 42.1 Å². The summed E-state index contributed by atoms with van der Waals surface area (Å²) in [6.45, 7) is 1.49. The zero-order valence-electron chi connectivity index (χ0n) is 19.1. The van der Waals surface area contributed by atoms with Gasteiger partial charge in [0.2, 0.25) is 0 Å². The van der Waals surface area contributed by atoms with Crippen LogP contribution in [0.5, 0.6) is 0 Å². The van der Waals surface area contributed by atoms with Gasteiger partial charge in [-0.05, 0) is 61.8 Å². The van der Waals surface area contributed by atoms with Gasteiger partial charge in [-0.25, -0.2) is 0 Å². The smallest absolute Gasteiger partial charge is 0.192 e. The Morgan fingerprint density at radius 1 is 1.09 bits per heavy atom. The van der Waals surface area contributed by atoms with Crippen molar-refractivity contribution in [2.75, 3.05) is 12.4 Å². The normalized spacial score (nSPS) is 17.8. The van der Waals surface area contributed by atoms with Crippen LogP contribution in [0, 0.1) is 0 Å². The molecule has 4 aromatic rings. The molecule has 0 saturated carbocycles. The molecule has 174 valence electrons. The highest BCUT2D eigenvalue weighted by Crippen LogP contribution is 2.32. The predicted molar refractivity (Wildman–Crippen MR) is 134 cm³/mol. The maximum Gasteiger partial charge on any atom is 0.192 e. The van der Waals surface area contributed by atoms with Crippen molar-refractivity contribution >= 4 is 28.4 Å². The van der Waals surface area contributed by atoms with Crippen molar-refractivity contribution in [1.29, 1.82) is 0 Å². The van der Waals surface area contributed by atoms with Crippen LogP contribution in [0.4, 0.5) is 0 Å². The number of rotatable bonds is 7. The summed E-state index contributed by atoms with van der Waals surface area (Å²) in [7, 11) is 0. The molecule has 3 heterocycles. The molecule has 0 amide bonds. The SMILES string of the molecule is O=C(CSc1nnc(-c2c[nH]c3ccccc23)n1CC1CCCO1)c1ccc2c(c1)CCCC2. The third kappa shape index (κ3) is 4.18. The summed E-state index contributed by atoms with van der Waals surface area (Å²) < 4.78 is 8.06. The van der Waals surface area contributed by atoms with Crippen LogP contribution in [0.1, 0.15) is 47.2 Å². The third-order valence-electron chi connectivity index (χ3n) is 6.96. The Labute approximate surface area is 203 Å². The Balaban J connectivity index is 1.27. The third-order valence-corrected chi connectivity index (χ3v) is 7.93. The van der Waals surface area contributed by atoms with E-state index in [1.807, 2.05) is 24.4 Å². The number of aryl methyl sites for hydroxylation is 2. The van der Waals surface area contributed by atoms with Crippen molar-refractivity contribution in [2.24, 2.45) is 0 Å². The fraction of sp³-hybridized carbons (Fsp3) is 0.370. The molecule has 2 aliphatic rings. The number of hydrogen-bond acceptors (Lipinski definition) is 5. The zero-order chi connectivity index (χ0) is 22.9. The summed E-state index contributed by atoms with van der Waals surface area (Å²) in [6.07, 6.45) is 8.91. The predicted octanol–water partition coefficient (Wildman–Crippen LogP) is 5.46. The number of carbonyl (C=O) groups excluding carboxylic acids is 1. The molecule has 1 unspecified atom stereocenters. The summed E-state index contributed by atoms with van der Waals surface area (Å²) in [6, 6.07) is 14.4. The second kappa shape index (κ2) is 9.39. The number of fused-ring (bicyclic) bond motifs is 2. The quantitative estimate of drug-likeness (QED) is 0.286. The highest BCUT2D eigenvalue weighted by molar-refractivity contribution is 7.99. The number of ketones is 1. The van der Waals surface area contributed by atoms with Gasteiger partial charge >= 0.3 is 0 Å². The largest absolute Gasteiger partial charge is 0.376 e. The van der Waals surface area contributed by atoms with E-state index < -0.39 is 0 Å². The fourth-order valence-electron chi connectivity index (χ4n) is 5.13. The van der Waals surface area contributed by atoms with Gasteiger partial charge in [0.05, 0.1) is 18.4 Å². The number of aromatic amines is 1. The first-order chi connectivity index (χ1) is 16.8. The summed E-state index contributed by atoms with van der Waals surface area (Å²) in [5, 5.41) is 11.0. The van der Waals surface area contributed by atoms with Gasteiger partial charge in [0.15, 0.2) is 16.8 Å². The summed E-state index contributed by atoms with van der Waals surface area (Å²) >= 11 is 1.47. The number of hydrogen-bond donors (Lipinski definition) is 1. The van der Waals surface area contributed by atoms with Gasteiger partial charge in [-0.3, -0.25) is 9.36 Å². The fourth-order valence-corrected chi connectivity index (χ4v) is 5.97. The molecule has 1 N–H and O–H groups in total. The molecule has 0 spiro atoms. The Bertz CT molecular complexity index is 1340. The molecule has 34 heavy (non-hydrogen) atoms. The molecular weight excluding hydrogens is 444 g/mol. The molecule has 0 bridgehead atoms. The average molecular weight is 473 g/mol. The van der Waals surface area contributed by atoms with Crippen LogP contribution in [0.15, 0.2) is 53.8 Å². The highest BCUT2D eigenvalue weighted by atomic mass is 32.2. The summed E-state index contributed by atoms with van der Waals surface area (Å²) in [4.78, 5) is 16.4. The molecule has 1 saturated heterocycles. The first-order valence-electron chi connectivity index (χ1n) is 12.2. The van der Waals surface area contributed by atoms with Gasteiger partial charge in [-0.15, -0.1) is 10.2 Å². The van der Waals surface area contributed by atoms with E-state index in [4.69, 9.17) is 4.74 Å². The van der Waals surface area contributed by atoms with Crippen LogP contribution in [-0.2, 0) is 24.1 Å². The Morgan fingerprint density at radius 3 is 2.85 bits per heavy atom. The lowest BCUT2D eigenvalue weighted by Gasteiger charge is -2.16. The number of H-pyrrole nitrogens is 1. The van der Waals surface area contributed by atoms with E-state index in [0.29, 0.717) is 12.3 Å². The molecule has 2 aromatic carbocycles.